The number of carbonyl (C=O) groups excluding carboxylic acids is 2. The second kappa shape index (κ2) is 8.55. The van der Waals surface area contributed by atoms with Crippen molar-refractivity contribution in [1.82, 2.24) is 9.88 Å². The van der Waals surface area contributed by atoms with Crippen molar-refractivity contribution in [3.63, 3.8) is 0 Å². The zero-order valence-corrected chi connectivity index (χ0v) is 19.7. The number of nitrogens with zero attached hydrogens (tertiary/aromatic N) is 1. The number of benzene rings is 3. The molecule has 0 radical (unpaired) electrons. The first-order valence-corrected chi connectivity index (χ1v) is 11.5. The Morgan fingerprint density at radius 1 is 1.14 bits per heavy atom. The van der Waals surface area contributed by atoms with Crippen LogP contribution in [0.25, 0.3) is 33.3 Å². The zero-order chi connectivity index (χ0) is 24.9. The molecule has 0 saturated heterocycles. The van der Waals surface area contributed by atoms with E-state index in [9.17, 15) is 9.59 Å². The summed E-state index contributed by atoms with van der Waals surface area (Å²) in [5, 5.41) is 0.646. The lowest BCUT2D eigenvalue weighted by atomic mass is 9.87. The third kappa shape index (κ3) is 3.71. The third-order valence-corrected chi connectivity index (χ3v) is 6.91. The van der Waals surface area contributed by atoms with Crippen LogP contribution in [0.3, 0.4) is 0 Å². The van der Waals surface area contributed by atoms with E-state index in [0.29, 0.717) is 36.0 Å². The minimum Gasteiger partial charge on any atom is -0.366 e. The highest BCUT2D eigenvalue weighted by molar-refractivity contribution is 6.12. The maximum absolute atomic E-state index is 15.8. The van der Waals surface area contributed by atoms with Gasteiger partial charge < -0.3 is 15.6 Å². The van der Waals surface area contributed by atoms with Crippen molar-refractivity contribution in [2.24, 2.45) is 5.73 Å². The largest absolute Gasteiger partial charge is 0.366 e. The van der Waals surface area contributed by atoms with Gasteiger partial charge in [0.2, 0.25) is 5.91 Å². The molecular weight excluding hydrogens is 441 g/mol. The number of aryl methyl sites for hydroxylation is 2. The summed E-state index contributed by atoms with van der Waals surface area (Å²) in [5.41, 5.74) is 13.2. The van der Waals surface area contributed by atoms with Gasteiger partial charge in [-0.1, -0.05) is 54.6 Å². The number of primary amides is 1. The molecule has 0 aliphatic carbocycles. The summed E-state index contributed by atoms with van der Waals surface area (Å²) in [6.45, 7) is 8.50. The fourth-order valence-corrected chi connectivity index (χ4v) is 5.13. The Morgan fingerprint density at radius 2 is 1.89 bits per heavy atom. The normalized spacial score (nSPS) is 13.1. The monoisotopic (exact) mass is 467 g/mol. The molecule has 5 rings (SSSR count). The molecule has 6 heteroatoms. The number of carbonyl (C=O) groups is 2. The molecule has 4 aromatic rings. The number of aromatic nitrogens is 1. The van der Waals surface area contributed by atoms with Crippen LogP contribution in [-0.4, -0.2) is 28.2 Å². The van der Waals surface area contributed by atoms with Crippen molar-refractivity contribution in [3.05, 3.63) is 94.8 Å². The summed E-state index contributed by atoms with van der Waals surface area (Å²) in [6, 6.07) is 15.0. The Morgan fingerprint density at radius 3 is 2.57 bits per heavy atom. The van der Waals surface area contributed by atoms with E-state index in [0.717, 1.165) is 39.1 Å². The number of amides is 2. The molecule has 3 aromatic carbocycles. The van der Waals surface area contributed by atoms with E-state index in [4.69, 9.17) is 5.73 Å². The first kappa shape index (κ1) is 22.6. The average Bonchev–Trinajstić information content (AvgIpc) is 3.19. The third-order valence-electron chi connectivity index (χ3n) is 6.91. The lowest BCUT2D eigenvalue weighted by molar-refractivity contribution is -0.126. The highest BCUT2D eigenvalue weighted by Crippen LogP contribution is 2.42. The van der Waals surface area contributed by atoms with Crippen LogP contribution in [0.1, 0.15) is 32.6 Å². The van der Waals surface area contributed by atoms with Crippen molar-refractivity contribution in [1.29, 1.82) is 0 Å². The molecule has 0 unspecified atom stereocenters. The van der Waals surface area contributed by atoms with Crippen molar-refractivity contribution in [2.75, 3.05) is 6.54 Å². The van der Waals surface area contributed by atoms with Crippen LogP contribution >= 0.6 is 0 Å². The molecule has 2 heterocycles. The Bertz CT molecular complexity index is 1520. The lowest BCUT2D eigenvalue weighted by Crippen LogP contribution is -2.34. The maximum atomic E-state index is 15.8. The van der Waals surface area contributed by atoms with Crippen LogP contribution in [0.5, 0.6) is 0 Å². The summed E-state index contributed by atoms with van der Waals surface area (Å²) in [7, 11) is 0. The molecule has 5 nitrogen and oxygen atoms in total. The lowest BCUT2D eigenvalue weighted by Gasteiger charge is -2.29. The number of hydrogen-bond acceptors (Lipinski definition) is 2. The van der Waals surface area contributed by atoms with Gasteiger partial charge in [0, 0.05) is 29.7 Å². The van der Waals surface area contributed by atoms with Crippen LogP contribution in [0.2, 0.25) is 0 Å². The van der Waals surface area contributed by atoms with Gasteiger partial charge in [-0.25, -0.2) is 4.39 Å². The molecule has 0 atom stereocenters. The molecule has 35 heavy (non-hydrogen) atoms. The topological polar surface area (TPSA) is 79.2 Å². The van der Waals surface area contributed by atoms with E-state index in [2.05, 4.69) is 11.6 Å². The molecule has 0 spiro atoms. The van der Waals surface area contributed by atoms with Gasteiger partial charge in [-0.15, -0.1) is 0 Å². The van der Waals surface area contributed by atoms with Crippen LogP contribution in [0.15, 0.2) is 61.2 Å². The smallest absolute Gasteiger partial charge is 0.250 e. The standard InChI is InChI=1S/C29H26FN3O2/c1-4-24(34)33-13-12-20-19(15-33)6-5-7-21(20)26-23(30)14-22(29(31)35)28-25(26)17(3)27(32-28)18-10-8-16(2)9-11-18/h4-11,14,32H,1,12-13,15H2,2-3H3,(H2,31,35). The second-order valence-corrected chi connectivity index (χ2v) is 9.04. The minimum absolute atomic E-state index is 0.121. The van der Waals surface area contributed by atoms with E-state index >= 15 is 4.39 Å². The molecule has 2 amide bonds. The van der Waals surface area contributed by atoms with Crippen LogP contribution < -0.4 is 5.73 Å². The SMILES string of the molecule is C=CC(=O)N1CCc2c(cccc2-c2c(F)cc(C(N)=O)c3[nH]c(-c4ccc(C)cc4)c(C)c23)C1. The van der Waals surface area contributed by atoms with Gasteiger partial charge in [-0.05, 0) is 60.2 Å². The van der Waals surface area contributed by atoms with E-state index in [1.807, 2.05) is 56.3 Å². The summed E-state index contributed by atoms with van der Waals surface area (Å²) in [5.74, 6) is -1.31. The van der Waals surface area contributed by atoms with Crippen molar-refractivity contribution >= 4 is 22.7 Å². The van der Waals surface area contributed by atoms with Crippen LogP contribution in [0.4, 0.5) is 4.39 Å². The number of nitrogens with one attached hydrogen (secondary N) is 1. The summed E-state index contributed by atoms with van der Waals surface area (Å²) in [4.78, 5) is 29.5. The molecule has 3 N–H and O–H groups in total. The quantitative estimate of drug-likeness (QED) is 0.393. The minimum atomic E-state index is -0.689. The first-order valence-electron chi connectivity index (χ1n) is 11.5. The van der Waals surface area contributed by atoms with Crippen LogP contribution in [0, 0.1) is 19.7 Å². The van der Waals surface area contributed by atoms with Gasteiger partial charge in [0.1, 0.15) is 5.82 Å². The zero-order valence-electron chi connectivity index (χ0n) is 19.7. The molecule has 0 saturated carbocycles. The number of H-pyrrole nitrogens is 1. The van der Waals surface area contributed by atoms with Crippen molar-refractivity contribution in [2.45, 2.75) is 26.8 Å². The van der Waals surface area contributed by atoms with Gasteiger partial charge in [0.25, 0.3) is 5.91 Å². The number of rotatable bonds is 4. The molecule has 0 bridgehead atoms. The number of nitrogens with two attached hydrogens (primary N) is 1. The molecular formula is C29H26FN3O2. The molecule has 1 aromatic heterocycles. The van der Waals surface area contributed by atoms with E-state index in [1.165, 1.54) is 12.1 Å². The number of hydrogen-bond donors (Lipinski definition) is 2. The van der Waals surface area contributed by atoms with E-state index in [-0.39, 0.29) is 11.5 Å². The second-order valence-electron chi connectivity index (χ2n) is 9.04. The number of aromatic amines is 1. The number of fused-ring (bicyclic) bond motifs is 2. The fourth-order valence-electron chi connectivity index (χ4n) is 5.13. The maximum Gasteiger partial charge on any atom is 0.250 e. The van der Waals surface area contributed by atoms with E-state index < -0.39 is 11.7 Å². The highest BCUT2D eigenvalue weighted by atomic mass is 19.1. The predicted molar refractivity (Wildman–Crippen MR) is 136 cm³/mol. The van der Waals surface area contributed by atoms with Gasteiger partial charge in [-0.3, -0.25) is 9.59 Å². The predicted octanol–water partition coefficient (Wildman–Crippen LogP) is 5.43. The summed E-state index contributed by atoms with van der Waals surface area (Å²) < 4.78 is 15.8. The highest BCUT2D eigenvalue weighted by Gasteiger charge is 2.27. The fraction of sp³-hybridized carbons (Fsp3) is 0.172. The van der Waals surface area contributed by atoms with Gasteiger partial charge in [-0.2, -0.15) is 0 Å². The number of halogens is 1. The Balaban J connectivity index is 1.77. The average molecular weight is 468 g/mol. The molecule has 1 aliphatic heterocycles. The summed E-state index contributed by atoms with van der Waals surface area (Å²) in [6.07, 6.45) is 1.91. The molecule has 1 aliphatic rings. The van der Waals surface area contributed by atoms with Gasteiger partial charge in [0.05, 0.1) is 11.1 Å². The Labute approximate surface area is 203 Å². The Kier molecular flexibility index (Phi) is 5.52. The summed E-state index contributed by atoms with van der Waals surface area (Å²) >= 11 is 0. The van der Waals surface area contributed by atoms with Gasteiger partial charge >= 0.3 is 0 Å². The van der Waals surface area contributed by atoms with Crippen LogP contribution in [-0.2, 0) is 17.8 Å². The van der Waals surface area contributed by atoms with Crippen molar-refractivity contribution in [3.8, 4) is 22.4 Å². The molecule has 0 fully saturated rings. The molecule has 176 valence electrons. The first-order chi connectivity index (χ1) is 16.8. The van der Waals surface area contributed by atoms with Gasteiger partial charge in [0.15, 0.2) is 0 Å². The Hall–Kier alpha value is -4.19. The van der Waals surface area contributed by atoms with Crippen molar-refractivity contribution < 1.29 is 14.0 Å². The van der Waals surface area contributed by atoms with E-state index in [1.54, 1.807) is 4.90 Å².